The summed E-state index contributed by atoms with van der Waals surface area (Å²) in [6.07, 6.45) is 9.94. The maximum absolute atomic E-state index is 6.22. The van der Waals surface area contributed by atoms with Crippen LogP contribution in [0.25, 0.3) is 0 Å². The van der Waals surface area contributed by atoms with Crippen molar-refractivity contribution in [3.8, 4) is 0 Å². The molecule has 2 N–H and O–H groups in total. The lowest BCUT2D eigenvalue weighted by atomic mass is 9.75. The second kappa shape index (κ2) is 5.10. The topological polar surface area (TPSA) is 32.5 Å². The fourth-order valence-electron chi connectivity index (χ4n) is 4.79. The predicted molar refractivity (Wildman–Crippen MR) is 75.6 cm³/mol. The summed E-state index contributed by atoms with van der Waals surface area (Å²) < 4.78 is 0. The summed E-state index contributed by atoms with van der Waals surface area (Å²) in [6.45, 7) is 4.56. The van der Waals surface area contributed by atoms with Gasteiger partial charge < -0.3 is 10.6 Å². The molecule has 1 aliphatic carbocycles. The van der Waals surface area contributed by atoms with E-state index in [4.69, 9.17) is 5.73 Å². The van der Waals surface area contributed by atoms with Crippen molar-refractivity contribution in [3.05, 3.63) is 0 Å². The molecule has 0 aromatic rings. The van der Waals surface area contributed by atoms with E-state index in [1.54, 1.807) is 0 Å². The molecule has 2 heterocycles. The molecule has 0 aromatic carbocycles. The van der Waals surface area contributed by atoms with E-state index in [1.807, 2.05) is 0 Å². The van der Waals surface area contributed by atoms with Gasteiger partial charge in [0, 0.05) is 24.7 Å². The molecule has 2 saturated heterocycles. The SMILES string of the molecule is CN1CCC(CN)(N2CCC[C@H]3CCCC[C@H]32)C1. The highest BCUT2D eigenvalue weighted by molar-refractivity contribution is 5.04. The van der Waals surface area contributed by atoms with Gasteiger partial charge in [-0.1, -0.05) is 12.8 Å². The first-order valence-corrected chi connectivity index (χ1v) is 7.90. The smallest absolute Gasteiger partial charge is 0.0473 e. The summed E-state index contributed by atoms with van der Waals surface area (Å²) in [5, 5.41) is 0. The van der Waals surface area contributed by atoms with Gasteiger partial charge in [-0.15, -0.1) is 0 Å². The first kappa shape index (κ1) is 12.9. The zero-order valence-electron chi connectivity index (χ0n) is 11.9. The normalized spacial score (nSPS) is 43.0. The molecule has 0 bridgehead atoms. The number of likely N-dealkylation sites (N-methyl/N-ethyl adjacent to an activating group) is 1. The average Bonchev–Trinajstić information content (AvgIpc) is 2.81. The van der Waals surface area contributed by atoms with E-state index in [1.165, 1.54) is 64.6 Å². The maximum atomic E-state index is 6.22. The number of fused-ring (bicyclic) bond motifs is 1. The van der Waals surface area contributed by atoms with Crippen LogP contribution >= 0.6 is 0 Å². The van der Waals surface area contributed by atoms with Gasteiger partial charge in [0.05, 0.1) is 0 Å². The van der Waals surface area contributed by atoms with Crippen molar-refractivity contribution in [1.82, 2.24) is 9.80 Å². The Labute approximate surface area is 112 Å². The minimum Gasteiger partial charge on any atom is -0.329 e. The summed E-state index contributed by atoms with van der Waals surface area (Å²) in [7, 11) is 2.25. The molecule has 0 aromatic heterocycles. The van der Waals surface area contributed by atoms with Crippen LogP contribution in [0.3, 0.4) is 0 Å². The Hall–Kier alpha value is -0.120. The largest absolute Gasteiger partial charge is 0.329 e. The van der Waals surface area contributed by atoms with Gasteiger partial charge in [0.15, 0.2) is 0 Å². The third kappa shape index (κ3) is 2.10. The van der Waals surface area contributed by atoms with Crippen molar-refractivity contribution in [2.75, 3.05) is 33.2 Å². The molecule has 3 heteroatoms. The molecule has 3 fully saturated rings. The van der Waals surface area contributed by atoms with Crippen LogP contribution in [0.4, 0.5) is 0 Å². The molecule has 3 nitrogen and oxygen atoms in total. The molecule has 1 saturated carbocycles. The minimum absolute atomic E-state index is 0.301. The van der Waals surface area contributed by atoms with E-state index in [0.717, 1.165) is 18.5 Å². The van der Waals surface area contributed by atoms with Gasteiger partial charge in [0.1, 0.15) is 0 Å². The quantitative estimate of drug-likeness (QED) is 0.810. The highest BCUT2D eigenvalue weighted by Crippen LogP contribution is 2.40. The van der Waals surface area contributed by atoms with Crippen LogP contribution in [0.15, 0.2) is 0 Å². The highest BCUT2D eigenvalue weighted by Gasteiger charge is 2.46. The van der Waals surface area contributed by atoms with E-state index in [-0.39, 0.29) is 0 Å². The number of nitrogens with two attached hydrogens (primary N) is 1. The van der Waals surface area contributed by atoms with Crippen molar-refractivity contribution in [2.45, 2.75) is 56.5 Å². The summed E-state index contributed by atoms with van der Waals surface area (Å²) in [5.74, 6) is 0.974. The summed E-state index contributed by atoms with van der Waals surface area (Å²) >= 11 is 0. The van der Waals surface area contributed by atoms with Gasteiger partial charge >= 0.3 is 0 Å². The molecule has 18 heavy (non-hydrogen) atoms. The Morgan fingerprint density at radius 1 is 1.11 bits per heavy atom. The molecule has 3 rings (SSSR count). The van der Waals surface area contributed by atoms with Crippen LogP contribution in [0.1, 0.15) is 44.9 Å². The molecular weight excluding hydrogens is 222 g/mol. The first-order valence-electron chi connectivity index (χ1n) is 7.90. The predicted octanol–water partition coefficient (Wildman–Crippen LogP) is 1.67. The van der Waals surface area contributed by atoms with E-state index in [2.05, 4.69) is 16.8 Å². The van der Waals surface area contributed by atoms with Crippen LogP contribution in [0.2, 0.25) is 0 Å². The number of piperidine rings is 1. The summed E-state index contributed by atoms with van der Waals surface area (Å²) in [6, 6.07) is 0.850. The van der Waals surface area contributed by atoms with E-state index in [9.17, 15) is 0 Å². The van der Waals surface area contributed by atoms with Crippen LogP contribution in [0.5, 0.6) is 0 Å². The Balaban J connectivity index is 1.80. The highest BCUT2D eigenvalue weighted by atomic mass is 15.3. The number of rotatable bonds is 2. The number of hydrogen-bond acceptors (Lipinski definition) is 3. The first-order chi connectivity index (χ1) is 8.75. The molecule has 3 aliphatic rings. The van der Waals surface area contributed by atoms with Crippen LogP contribution in [-0.2, 0) is 0 Å². The van der Waals surface area contributed by atoms with Gasteiger partial charge in [0.25, 0.3) is 0 Å². The lowest BCUT2D eigenvalue weighted by molar-refractivity contribution is -0.0203. The monoisotopic (exact) mass is 251 g/mol. The molecule has 3 atom stereocenters. The van der Waals surface area contributed by atoms with E-state index in [0.29, 0.717) is 5.54 Å². The van der Waals surface area contributed by atoms with E-state index < -0.39 is 0 Å². The standard InChI is InChI=1S/C15H29N3/c1-17-10-8-15(11-16,12-17)18-9-4-6-13-5-2-3-7-14(13)18/h13-14H,2-12,16H2,1H3/t13-,14-,15?/m1/s1. The summed E-state index contributed by atoms with van der Waals surface area (Å²) in [4.78, 5) is 5.32. The Morgan fingerprint density at radius 2 is 1.89 bits per heavy atom. The molecule has 104 valence electrons. The lowest BCUT2D eigenvalue weighted by Gasteiger charge is -2.52. The fraction of sp³-hybridized carbons (Fsp3) is 1.00. The van der Waals surface area contributed by atoms with Gasteiger partial charge in [-0.25, -0.2) is 0 Å². The Kier molecular flexibility index (Phi) is 3.65. The van der Waals surface area contributed by atoms with Gasteiger partial charge in [-0.2, -0.15) is 0 Å². The van der Waals surface area contributed by atoms with Crippen molar-refractivity contribution in [2.24, 2.45) is 11.7 Å². The van der Waals surface area contributed by atoms with Crippen molar-refractivity contribution < 1.29 is 0 Å². The summed E-state index contributed by atoms with van der Waals surface area (Å²) in [5.41, 5.74) is 6.52. The third-order valence-electron chi connectivity index (χ3n) is 5.76. The second-order valence-electron chi connectivity index (χ2n) is 6.86. The lowest BCUT2D eigenvalue weighted by Crippen LogP contribution is -2.62. The number of nitrogens with zero attached hydrogens (tertiary/aromatic N) is 2. The van der Waals surface area contributed by atoms with Crippen LogP contribution in [0, 0.1) is 5.92 Å². The molecule has 1 unspecified atom stereocenters. The molecule has 0 radical (unpaired) electrons. The third-order valence-corrected chi connectivity index (χ3v) is 5.76. The van der Waals surface area contributed by atoms with Crippen molar-refractivity contribution in [3.63, 3.8) is 0 Å². The van der Waals surface area contributed by atoms with Gasteiger partial charge in [-0.05, 0) is 58.2 Å². The molecular formula is C15H29N3. The Morgan fingerprint density at radius 3 is 2.61 bits per heavy atom. The van der Waals surface area contributed by atoms with Gasteiger partial charge in [-0.3, -0.25) is 4.90 Å². The Bertz CT molecular complexity index is 291. The van der Waals surface area contributed by atoms with Crippen molar-refractivity contribution in [1.29, 1.82) is 0 Å². The second-order valence-corrected chi connectivity index (χ2v) is 6.86. The molecule has 0 spiro atoms. The zero-order chi connectivity index (χ0) is 12.6. The fourth-order valence-corrected chi connectivity index (χ4v) is 4.79. The zero-order valence-corrected chi connectivity index (χ0v) is 11.9. The molecule has 2 aliphatic heterocycles. The maximum Gasteiger partial charge on any atom is 0.0473 e. The van der Waals surface area contributed by atoms with Crippen molar-refractivity contribution >= 4 is 0 Å². The van der Waals surface area contributed by atoms with Gasteiger partial charge in [0.2, 0.25) is 0 Å². The van der Waals surface area contributed by atoms with Crippen LogP contribution in [-0.4, -0.2) is 54.6 Å². The van der Waals surface area contributed by atoms with Crippen LogP contribution < -0.4 is 5.73 Å². The average molecular weight is 251 g/mol. The number of likely N-dealkylation sites (tertiary alicyclic amines) is 2. The number of hydrogen-bond donors (Lipinski definition) is 1. The minimum atomic E-state index is 0.301. The molecule has 0 amide bonds. The van der Waals surface area contributed by atoms with E-state index >= 15 is 0 Å².